The molecule has 1 aromatic carbocycles. The van der Waals surface area contributed by atoms with Crippen molar-refractivity contribution in [2.75, 3.05) is 13.1 Å². The molecule has 3 nitrogen and oxygen atoms in total. The van der Waals surface area contributed by atoms with Gasteiger partial charge in [0.05, 0.1) is 5.02 Å². The van der Waals surface area contributed by atoms with Crippen molar-refractivity contribution in [2.45, 2.75) is 18.9 Å². The van der Waals surface area contributed by atoms with Crippen LogP contribution in [0.15, 0.2) is 30.6 Å². The Labute approximate surface area is 111 Å². The van der Waals surface area contributed by atoms with Gasteiger partial charge in [-0.1, -0.05) is 11.6 Å². The van der Waals surface area contributed by atoms with Gasteiger partial charge in [-0.2, -0.15) is 0 Å². The largest absolute Gasteiger partial charge is 0.490 e. The monoisotopic (exact) mass is 262 g/mol. The van der Waals surface area contributed by atoms with Crippen LogP contribution >= 0.6 is 11.6 Å². The molecule has 1 N–H and O–H groups in total. The number of halogens is 1. The molecular formula is C14H15ClN2O. The number of hydrogen-bond acceptors (Lipinski definition) is 3. The molecule has 0 amide bonds. The molecule has 1 aliphatic heterocycles. The van der Waals surface area contributed by atoms with Gasteiger partial charge >= 0.3 is 0 Å². The summed E-state index contributed by atoms with van der Waals surface area (Å²) in [6, 6.07) is 5.87. The quantitative estimate of drug-likeness (QED) is 0.903. The van der Waals surface area contributed by atoms with Crippen molar-refractivity contribution >= 4 is 22.4 Å². The molecule has 0 unspecified atom stereocenters. The van der Waals surface area contributed by atoms with Gasteiger partial charge in [-0.05, 0) is 49.5 Å². The van der Waals surface area contributed by atoms with Crippen molar-refractivity contribution in [2.24, 2.45) is 0 Å². The summed E-state index contributed by atoms with van der Waals surface area (Å²) in [6.45, 7) is 2.05. The van der Waals surface area contributed by atoms with Gasteiger partial charge in [0, 0.05) is 17.8 Å². The van der Waals surface area contributed by atoms with Gasteiger partial charge < -0.3 is 10.1 Å². The zero-order valence-electron chi connectivity index (χ0n) is 10.0. The fourth-order valence-corrected chi connectivity index (χ4v) is 2.57. The number of aromatic nitrogens is 1. The van der Waals surface area contributed by atoms with Gasteiger partial charge in [0.1, 0.15) is 11.9 Å². The molecule has 0 atom stereocenters. The number of benzene rings is 1. The topological polar surface area (TPSA) is 34.1 Å². The standard InChI is InChI=1S/C14H15ClN2O/c15-14-8-12(18-11-2-5-16-6-3-11)7-10-1-4-17-9-13(10)14/h1,4,7-9,11,16H,2-3,5-6H2. The summed E-state index contributed by atoms with van der Waals surface area (Å²) in [5.74, 6) is 0.852. The summed E-state index contributed by atoms with van der Waals surface area (Å²) in [5, 5.41) is 6.07. The first-order valence-corrected chi connectivity index (χ1v) is 6.61. The Balaban J connectivity index is 1.87. The smallest absolute Gasteiger partial charge is 0.121 e. The first-order valence-electron chi connectivity index (χ1n) is 6.23. The van der Waals surface area contributed by atoms with E-state index in [4.69, 9.17) is 16.3 Å². The maximum atomic E-state index is 6.25. The lowest BCUT2D eigenvalue weighted by Crippen LogP contribution is -2.34. The molecule has 0 radical (unpaired) electrons. The van der Waals surface area contributed by atoms with Crippen LogP contribution in [0.5, 0.6) is 5.75 Å². The normalized spacial score (nSPS) is 16.9. The SMILES string of the molecule is Clc1cc(OC2CCNCC2)cc2ccncc12. The second-order valence-electron chi connectivity index (χ2n) is 4.57. The maximum Gasteiger partial charge on any atom is 0.121 e. The number of hydrogen-bond donors (Lipinski definition) is 1. The number of nitrogens with zero attached hydrogens (tertiary/aromatic N) is 1. The molecule has 1 aromatic heterocycles. The first kappa shape index (κ1) is 11.8. The summed E-state index contributed by atoms with van der Waals surface area (Å²) in [4.78, 5) is 4.09. The lowest BCUT2D eigenvalue weighted by Gasteiger charge is -2.24. The molecule has 18 heavy (non-hydrogen) atoms. The third kappa shape index (κ3) is 2.42. The molecule has 4 heteroatoms. The highest BCUT2D eigenvalue weighted by atomic mass is 35.5. The fourth-order valence-electron chi connectivity index (χ4n) is 2.30. The second kappa shape index (κ2) is 5.12. The van der Waals surface area contributed by atoms with E-state index in [2.05, 4.69) is 10.3 Å². The predicted octanol–water partition coefficient (Wildman–Crippen LogP) is 3.02. The Morgan fingerprint density at radius 3 is 2.94 bits per heavy atom. The van der Waals surface area contributed by atoms with Crippen LogP contribution in [0.25, 0.3) is 10.8 Å². The molecule has 2 aromatic rings. The molecule has 1 aliphatic rings. The molecule has 3 rings (SSSR count). The number of ether oxygens (including phenoxy) is 1. The number of piperidine rings is 1. The van der Waals surface area contributed by atoms with E-state index in [1.54, 1.807) is 12.4 Å². The second-order valence-corrected chi connectivity index (χ2v) is 4.98. The lowest BCUT2D eigenvalue weighted by molar-refractivity contribution is 0.162. The van der Waals surface area contributed by atoms with Gasteiger partial charge in [-0.15, -0.1) is 0 Å². The van der Waals surface area contributed by atoms with Crippen molar-refractivity contribution < 1.29 is 4.74 Å². The van der Waals surface area contributed by atoms with E-state index in [1.807, 2.05) is 18.2 Å². The summed E-state index contributed by atoms with van der Waals surface area (Å²) in [6.07, 6.45) is 5.94. The number of rotatable bonds is 2. The molecule has 94 valence electrons. The van der Waals surface area contributed by atoms with Crippen molar-refractivity contribution in [3.63, 3.8) is 0 Å². The molecule has 0 spiro atoms. The lowest BCUT2D eigenvalue weighted by atomic mass is 10.1. The average Bonchev–Trinajstić information content (AvgIpc) is 2.40. The highest BCUT2D eigenvalue weighted by molar-refractivity contribution is 6.35. The third-order valence-corrected chi connectivity index (χ3v) is 3.58. The zero-order chi connectivity index (χ0) is 12.4. The summed E-state index contributed by atoms with van der Waals surface area (Å²) < 4.78 is 6.00. The van der Waals surface area contributed by atoms with Crippen LogP contribution < -0.4 is 10.1 Å². The van der Waals surface area contributed by atoms with Gasteiger partial charge in [0.2, 0.25) is 0 Å². The highest BCUT2D eigenvalue weighted by Crippen LogP contribution is 2.29. The molecule has 1 saturated heterocycles. The summed E-state index contributed by atoms with van der Waals surface area (Å²) >= 11 is 6.25. The van der Waals surface area contributed by atoms with Crippen LogP contribution in [0.4, 0.5) is 0 Å². The zero-order valence-corrected chi connectivity index (χ0v) is 10.8. The van der Waals surface area contributed by atoms with E-state index in [0.717, 1.165) is 42.5 Å². The van der Waals surface area contributed by atoms with Gasteiger partial charge in [0.15, 0.2) is 0 Å². The predicted molar refractivity (Wildman–Crippen MR) is 73.3 cm³/mol. The molecular weight excluding hydrogens is 248 g/mol. The fraction of sp³-hybridized carbons (Fsp3) is 0.357. The highest BCUT2D eigenvalue weighted by Gasteiger charge is 2.15. The van der Waals surface area contributed by atoms with Crippen LogP contribution in [0.1, 0.15) is 12.8 Å². The van der Waals surface area contributed by atoms with Crippen LogP contribution in [0, 0.1) is 0 Å². The van der Waals surface area contributed by atoms with E-state index in [-0.39, 0.29) is 0 Å². The minimum absolute atomic E-state index is 0.293. The van der Waals surface area contributed by atoms with E-state index in [0.29, 0.717) is 11.1 Å². The average molecular weight is 263 g/mol. The van der Waals surface area contributed by atoms with Crippen LogP contribution in [0.3, 0.4) is 0 Å². The van der Waals surface area contributed by atoms with E-state index < -0.39 is 0 Å². The Morgan fingerprint density at radius 1 is 1.28 bits per heavy atom. The molecule has 0 bridgehead atoms. The number of fused-ring (bicyclic) bond motifs is 1. The van der Waals surface area contributed by atoms with Gasteiger partial charge in [0.25, 0.3) is 0 Å². The molecule has 0 saturated carbocycles. The Morgan fingerprint density at radius 2 is 2.11 bits per heavy atom. The molecule has 1 fully saturated rings. The van der Waals surface area contributed by atoms with Crippen molar-refractivity contribution in [3.8, 4) is 5.75 Å². The van der Waals surface area contributed by atoms with Crippen LogP contribution in [-0.2, 0) is 0 Å². The summed E-state index contributed by atoms with van der Waals surface area (Å²) in [7, 11) is 0. The number of pyridine rings is 1. The Kier molecular flexibility index (Phi) is 3.35. The minimum atomic E-state index is 0.293. The van der Waals surface area contributed by atoms with Crippen molar-refractivity contribution in [1.82, 2.24) is 10.3 Å². The molecule has 0 aliphatic carbocycles. The van der Waals surface area contributed by atoms with Crippen molar-refractivity contribution in [3.05, 3.63) is 35.6 Å². The van der Waals surface area contributed by atoms with Gasteiger partial charge in [-0.3, -0.25) is 4.98 Å². The van der Waals surface area contributed by atoms with Crippen LogP contribution in [0.2, 0.25) is 5.02 Å². The van der Waals surface area contributed by atoms with Crippen molar-refractivity contribution in [1.29, 1.82) is 0 Å². The molecule has 2 heterocycles. The van der Waals surface area contributed by atoms with Crippen LogP contribution in [-0.4, -0.2) is 24.2 Å². The van der Waals surface area contributed by atoms with E-state index in [9.17, 15) is 0 Å². The minimum Gasteiger partial charge on any atom is -0.490 e. The first-order chi connectivity index (χ1) is 8.83. The Hall–Kier alpha value is -1.32. The maximum absolute atomic E-state index is 6.25. The third-order valence-electron chi connectivity index (χ3n) is 3.27. The number of nitrogens with one attached hydrogen (secondary N) is 1. The van der Waals surface area contributed by atoms with E-state index in [1.165, 1.54) is 0 Å². The summed E-state index contributed by atoms with van der Waals surface area (Å²) in [5.41, 5.74) is 0. The van der Waals surface area contributed by atoms with E-state index >= 15 is 0 Å². The Bertz CT molecular complexity index is 552. The van der Waals surface area contributed by atoms with Gasteiger partial charge in [-0.25, -0.2) is 0 Å².